The summed E-state index contributed by atoms with van der Waals surface area (Å²) in [5, 5.41) is 1.07. The summed E-state index contributed by atoms with van der Waals surface area (Å²) in [6.07, 6.45) is 6.98. The predicted molar refractivity (Wildman–Crippen MR) is 95.7 cm³/mol. The van der Waals surface area contributed by atoms with E-state index in [-0.39, 0.29) is 11.7 Å². The molecule has 0 amide bonds. The van der Waals surface area contributed by atoms with Crippen molar-refractivity contribution in [1.82, 2.24) is 0 Å². The quantitative estimate of drug-likeness (QED) is 0.454. The molecule has 1 fully saturated rings. The van der Waals surface area contributed by atoms with Crippen molar-refractivity contribution in [2.75, 3.05) is 18.5 Å². The number of rotatable bonds is 8. The Bertz CT molecular complexity index is 426. The van der Waals surface area contributed by atoms with Crippen LogP contribution in [0.5, 0.6) is 0 Å². The number of ether oxygens (including phenoxy) is 2. The lowest BCUT2D eigenvalue weighted by Gasteiger charge is -2.33. The number of hydrogen-bond acceptors (Lipinski definition) is 2. The van der Waals surface area contributed by atoms with Crippen molar-refractivity contribution in [1.29, 1.82) is 0 Å². The molecule has 1 saturated heterocycles. The van der Waals surface area contributed by atoms with Crippen LogP contribution in [0.3, 0.4) is 0 Å². The highest BCUT2D eigenvalue weighted by Gasteiger charge is 2.28. The first-order valence-corrected chi connectivity index (χ1v) is 9.62. The van der Waals surface area contributed by atoms with Crippen LogP contribution in [0, 0.1) is 6.92 Å². The topological polar surface area (TPSA) is 18.5 Å². The molecule has 0 aromatic heterocycles. The zero-order valence-electron chi connectivity index (χ0n) is 13.9. The highest BCUT2D eigenvalue weighted by atomic mass is 79.9. The average molecular weight is 369 g/mol. The molecular formula is C19H29BrO2. The molecule has 0 unspecified atom stereocenters. The number of hydrogen-bond donors (Lipinski definition) is 0. The maximum Gasteiger partial charge on any atom is 0.157 e. The predicted octanol–water partition coefficient (Wildman–Crippen LogP) is 5.36. The molecular weight excluding hydrogens is 340 g/mol. The fraction of sp³-hybridized carbons (Fsp3) is 0.684. The Balaban J connectivity index is 2.01. The van der Waals surface area contributed by atoms with E-state index in [1.54, 1.807) is 0 Å². The second-order valence-corrected chi connectivity index (χ2v) is 7.47. The standard InChI is InChI=1S/C19H29BrO2/c1-16-8-10-17(11-9-16)19(2,12-4-5-13-20)15-22-18-7-3-6-14-21-18/h8-11,18H,3-7,12-15H2,1-2H3/t18-,19-/m0/s1. The highest BCUT2D eigenvalue weighted by Crippen LogP contribution is 2.31. The van der Waals surface area contributed by atoms with Crippen LogP contribution < -0.4 is 0 Å². The summed E-state index contributed by atoms with van der Waals surface area (Å²) < 4.78 is 11.9. The van der Waals surface area contributed by atoms with E-state index in [9.17, 15) is 0 Å². The van der Waals surface area contributed by atoms with Crippen molar-refractivity contribution in [3.05, 3.63) is 35.4 Å². The van der Waals surface area contributed by atoms with E-state index in [0.29, 0.717) is 0 Å². The molecule has 0 spiro atoms. The van der Waals surface area contributed by atoms with E-state index < -0.39 is 0 Å². The Hall–Kier alpha value is -0.380. The summed E-state index contributed by atoms with van der Waals surface area (Å²) in [5.41, 5.74) is 2.75. The lowest BCUT2D eigenvalue weighted by atomic mass is 9.78. The van der Waals surface area contributed by atoms with Crippen LogP contribution in [0.2, 0.25) is 0 Å². The van der Waals surface area contributed by atoms with Crippen LogP contribution in [0.15, 0.2) is 24.3 Å². The molecule has 3 heteroatoms. The van der Waals surface area contributed by atoms with Crippen molar-refractivity contribution < 1.29 is 9.47 Å². The van der Waals surface area contributed by atoms with Gasteiger partial charge in [-0.2, -0.15) is 0 Å². The van der Waals surface area contributed by atoms with Crippen molar-refractivity contribution in [3.63, 3.8) is 0 Å². The molecule has 0 bridgehead atoms. The molecule has 1 heterocycles. The first-order chi connectivity index (χ1) is 10.6. The van der Waals surface area contributed by atoms with E-state index in [0.717, 1.165) is 31.4 Å². The second-order valence-electron chi connectivity index (χ2n) is 6.68. The van der Waals surface area contributed by atoms with Gasteiger partial charge in [0, 0.05) is 17.4 Å². The third-order valence-corrected chi connectivity index (χ3v) is 5.15. The molecule has 2 rings (SSSR count). The SMILES string of the molecule is Cc1ccc([C@@](C)(CCCCBr)CO[C@H]2CCCCO2)cc1. The van der Waals surface area contributed by atoms with E-state index in [4.69, 9.17) is 9.47 Å². The monoisotopic (exact) mass is 368 g/mol. The molecule has 2 atom stereocenters. The van der Waals surface area contributed by atoms with Crippen LogP contribution in [0.1, 0.15) is 56.6 Å². The van der Waals surface area contributed by atoms with Crippen LogP contribution >= 0.6 is 15.9 Å². The summed E-state index contributed by atoms with van der Waals surface area (Å²) in [4.78, 5) is 0. The normalized spacial score (nSPS) is 21.5. The number of alkyl halides is 1. The largest absolute Gasteiger partial charge is 0.353 e. The minimum atomic E-state index is -0.00491. The van der Waals surface area contributed by atoms with Crippen LogP contribution in [-0.2, 0) is 14.9 Å². The minimum absolute atomic E-state index is 0.00491. The Morgan fingerprint density at radius 1 is 1.23 bits per heavy atom. The van der Waals surface area contributed by atoms with Gasteiger partial charge >= 0.3 is 0 Å². The fourth-order valence-electron chi connectivity index (χ4n) is 2.98. The molecule has 1 aliphatic heterocycles. The Labute approximate surface area is 143 Å². The molecule has 0 saturated carbocycles. The smallest absolute Gasteiger partial charge is 0.157 e. The van der Waals surface area contributed by atoms with Crippen molar-refractivity contribution in [2.24, 2.45) is 0 Å². The number of halogens is 1. The van der Waals surface area contributed by atoms with E-state index >= 15 is 0 Å². The number of benzene rings is 1. The average Bonchev–Trinajstić information content (AvgIpc) is 2.55. The van der Waals surface area contributed by atoms with Gasteiger partial charge in [-0.25, -0.2) is 0 Å². The first-order valence-electron chi connectivity index (χ1n) is 8.50. The molecule has 2 nitrogen and oxygen atoms in total. The molecule has 124 valence electrons. The zero-order valence-corrected chi connectivity index (χ0v) is 15.5. The summed E-state index contributed by atoms with van der Waals surface area (Å²) in [5.74, 6) is 0. The lowest BCUT2D eigenvalue weighted by Crippen LogP contribution is -2.33. The van der Waals surface area contributed by atoms with Gasteiger partial charge in [-0.3, -0.25) is 0 Å². The van der Waals surface area contributed by atoms with Gasteiger partial charge in [-0.1, -0.05) is 59.1 Å². The highest BCUT2D eigenvalue weighted by molar-refractivity contribution is 9.09. The van der Waals surface area contributed by atoms with Gasteiger partial charge in [-0.15, -0.1) is 0 Å². The van der Waals surface area contributed by atoms with Gasteiger partial charge in [0.05, 0.1) is 6.61 Å². The van der Waals surface area contributed by atoms with Gasteiger partial charge in [0.2, 0.25) is 0 Å². The Morgan fingerprint density at radius 3 is 2.64 bits per heavy atom. The maximum absolute atomic E-state index is 6.13. The molecule has 0 aliphatic carbocycles. The van der Waals surface area contributed by atoms with Crippen LogP contribution in [0.4, 0.5) is 0 Å². The van der Waals surface area contributed by atoms with Crippen molar-refractivity contribution in [3.8, 4) is 0 Å². The molecule has 22 heavy (non-hydrogen) atoms. The molecule has 1 aliphatic rings. The van der Waals surface area contributed by atoms with Crippen LogP contribution in [0.25, 0.3) is 0 Å². The zero-order chi connectivity index (χ0) is 15.8. The van der Waals surface area contributed by atoms with Crippen molar-refractivity contribution in [2.45, 2.75) is 64.1 Å². The van der Waals surface area contributed by atoms with E-state index in [2.05, 4.69) is 54.0 Å². The van der Waals surface area contributed by atoms with Gasteiger partial charge < -0.3 is 9.47 Å². The number of unbranched alkanes of at least 4 members (excludes halogenated alkanes) is 1. The molecule has 1 aromatic rings. The second kappa shape index (κ2) is 9.05. The Morgan fingerprint density at radius 2 is 2.00 bits per heavy atom. The van der Waals surface area contributed by atoms with Crippen LogP contribution in [-0.4, -0.2) is 24.8 Å². The summed E-state index contributed by atoms with van der Waals surface area (Å²) >= 11 is 3.53. The summed E-state index contributed by atoms with van der Waals surface area (Å²) in [6.45, 7) is 6.05. The third-order valence-electron chi connectivity index (χ3n) is 4.59. The van der Waals surface area contributed by atoms with Gasteiger partial charge in [0.15, 0.2) is 6.29 Å². The third kappa shape index (κ3) is 5.36. The van der Waals surface area contributed by atoms with Crippen molar-refractivity contribution >= 4 is 15.9 Å². The summed E-state index contributed by atoms with van der Waals surface area (Å²) in [7, 11) is 0. The van der Waals surface area contributed by atoms with E-state index in [1.807, 2.05) is 0 Å². The fourth-order valence-corrected chi connectivity index (χ4v) is 3.38. The van der Waals surface area contributed by atoms with Gasteiger partial charge in [0.1, 0.15) is 0 Å². The van der Waals surface area contributed by atoms with Gasteiger partial charge in [0.25, 0.3) is 0 Å². The van der Waals surface area contributed by atoms with E-state index in [1.165, 1.54) is 36.8 Å². The summed E-state index contributed by atoms with van der Waals surface area (Å²) in [6, 6.07) is 8.92. The molecule has 0 radical (unpaired) electrons. The molecule has 1 aromatic carbocycles. The lowest BCUT2D eigenvalue weighted by molar-refractivity contribution is -0.171. The van der Waals surface area contributed by atoms with Gasteiger partial charge in [-0.05, 0) is 44.6 Å². The Kier molecular flexibility index (Phi) is 7.39. The minimum Gasteiger partial charge on any atom is -0.353 e. The molecule has 0 N–H and O–H groups in total. The maximum atomic E-state index is 6.13. The first kappa shape index (κ1) is 18.0. The number of aryl methyl sites for hydroxylation is 1.